The first-order valence-electron chi connectivity index (χ1n) is 9.04. The third-order valence-electron chi connectivity index (χ3n) is 4.85. The molecule has 0 spiro atoms. The average Bonchev–Trinajstić information content (AvgIpc) is 3.24. The van der Waals surface area contributed by atoms with Crippen LogP contribution in [0.3, 0.4) is 0 Å². The van der Waals surface area contributed by atoms with E-state index in [-0.39, 0.29) is 11.8 Å². The van der Waals surface area contributed by atoms with Gasteiger partial charge in [-0.2, -0.15) is 0 Å². The smallest absolute Gasteiger partial charge is 0.289 e. The third kappa shape index (κ3) is 4.61. The van der Waals surface area contributed by atoms with Crippen molar-refractivity contribution in [3.8, 4) is 0 Å². The molecule has 0 N–H and O–H groups in total. The topological polar surface area (TPSA) is 66.2 Å². The fourth-order valence-corrected chi connectivity index (χ4v) is 3.46. The van der Waals surface area contributed by atoms with Crippen LogP contribution in [-0.2, 0) is 16.1 Å². The van der Waals surface area contributed by atoms with Crippen molar-refractivity contribution in [2.45, 2.75) is 25.9 Å². The van der Waals surface area contributed by atoms with Gasteiger partial charge in [-0.15, -0.1) is 0 Å². The number of rotatable bonds is 5. The molecule has 7 heteroatoms. The van der Waals surface area contributed by atoms with Gasteiger partial charge in [0, 0.05) is 46.4 Å². The summed E-state index contributed by atoms with van der Waals surface area (Å²) in [7, 11) is 1.59. The quantitative estimate of drug-likeness (QED) is 0.799. The standard InChI is InChI=1S/C18H27N3O4/c1-24-14-15-5-6-16(25-15)18(23)21-10-4-7-19(11-12-21)13-17(22)20-8-2-3-9-20/h5-6H,2-4,7-14H2,1H3. The SMILES string of the molecule is COCc1ccc(C(=O)N2CCCN(CC(=O)N3CCCC3)CC2)o1. The lowest BCUT2D eigenvalue weighted by Gasteiger charge is -2.23. The lowest BCUT2D eigenvalue weighted by molar-refractivity contribution is -0.131. The predicted octanol–water partition coefficient (Wildman–Crippen LogP) is 1.20. The van der Waals surface area contributed by atoms with E-state index < -0.39 is 0 Å². The van der Waals surface area contributed by atoms with E-state index in [0.29, 0.717) is 37.8 Å². The molecule has 2 saturated heterocycles. The van der Waals surface area contributed by atoms with E-state index in [1.807, 2.05) is 9.80 Å². The van der Waals surface area contributed by atoms with Crippen LogP contribution in [0.2, 0.25) is 0 Å². The van der Waals surface area contributed by atoms with Gasteiger partial charge in [0.25, 0.3) is 5.91 Å². The molecule has 25 heavy (non-hydrogen) atoms. The van der Waals surface area contributed by atoms with Gasteiger partial charge in [0.2, 0.25) is 5.91 Å². The second-order valence-electron chi connectivity index (χ2n) is 6.71. The van der Waals surface area contributed by atoms with Crippen molar-refractivity contribution in [2.75, 3.05) is 52.9 Å². The molecule has 1 aromatic rings. The molecule has 0 radical (unpaired) electrons. The average molecular weight is 349 g/mol. The molecule has 2 amide bonds. The van der Waals surface area contributed by atoms with Gasteiger partial charge in [-0.3, -0.25) is 14.5 Å². The molecular formula is C18H27N3O4. The maximum absolute atomic E-state index is 12.6. The van der Waals surface area contributed by atoms with Gasteiger partial charge in [-0.05, 0) is 31.4 Å². The summed E-state index contributed by atoms with van der Waals surface area (Å²) < 4.78 is 10.6. The summed E-state index contributed by atoms with van der Waals surface area (Å²) in [5.74, 6) is 1.13. The molecule has 2 fully saturated rings. The molecule has 0 saturated carbocycles. The van der Waals surface area contributed by atoms with Crippen LogP contribution in [0, 0.1) is 0 Å². The number of hydrogen-bond acceptors (Lipinski definition) is 5. The highest BCUT2D eigenvalue weighted by atomic mass is 16.5. The molecule has 0 bridgehead atoms. The Bertz CT molecular complexity index is 595. The minimum Gasteiger partial charge on any atom is -0.453 e. The molecule has 0 aromatic carbocycles. The van der Waals surface area contributed by atoms with Crippen molar-refractivity contribution >= 4 is 11.8 Å². The fraction of sp³-hybridized carbons (Fsp3) is 0.667. The minimum atomic E-state index is -0.0879. The maximum atomic E-state index is 12.6. The second kappa shape index (κ2) is 8.49. The normalized spacial score (nSPS) is 19.2. The van der Waals surface area contributed by atoms with Gasteiger partial charge in [0.1, 0.15) is 12.4 Å². The van der Waals surface area contributed by atoms with E-state index in [2.05, 4.69) is 4.90 Å². The number of carbonyl (C=O) groups is 2. The van der Waals surface area contributed by atoms with E-state index in [4.69, 9.17) is 9.15 Å². The maximum Gasteiger partial charge on any atom is 0.289 e. The largest absolute Gasteiger partial charge is 0.453 e. The zero-order valence-corrected chi connectivity index (χ0v) is 14.9. The van der Waals surface area contributed by atoms with E-state index in [0.717, 1.165) is 45.4 Å². The number of hydrogen-bond donors (Lipinski definition) is 0. The first-order chi connectivity index (χ1) is 12.2. The Morgan fingerprint density at radius 1 is 1.00 bits per heavy atom. The van der Waals surface area contributed by atoms with Crippen molar-refractivity contribution in [1.29, 1.82) is 0 Å². The second-order valence-corrected chi connectivity index (χ2v) is 6.71. The molecule has 0 atom stereocenters. The number of likely N-dealkylation sites (tertiary alicyclic amines) is 1. The molecule has 0 aliphatic carbocycles. The van der Waals surface area contributed by atoms with Gasteiger partial charge in [0.15, 0.2) is 5.76 Å². The fourth-order valence-electron chi connectivity index (χ4n) is 3.46. The number of furan rings is 1. The molecule has 3 rings (SSSR count). The Balaban J connectivity index is 1.51. The summed E-state index contributed by atoms with van der Waals surface area (Å²) >= 11 is 0. The molecule has 2 aliphatic rings. The van der Waals surface area contributed by atoms with E-state index in [1.165, 1.54) is 0 Å². The Kier molecular flexibility index (Phi) is 6.09. The predicted molar refractivity (Wildman–Crippen MR) is 92.2 cm³/mol. The summed E-state index contributed by atoms with van der Waals surface area (Å²) in [5, 5.41) is 0. The van der Waals surface area contributed by atoms with Crippen molar-refractivity contribution in [1.82, 2.24) is 14.7 Å². The molecular weight excluding hydrogens is 322 g/mol. The summed E-state index contributed by atoms with van der Waals surface area (Å²) in [4.78, 5) is 30.8. The van der Waals surface area contributed by atoms with E-state index in [9.17, 15) is 9.59 Å². The number of ether oxygens (including phenoxy) is 1. The van der Waals surface area contributed by atoms with Crippen molar-refractivity contribution in [2.24, 2.45) is 0 Å². The molecule has 138 valence electrons. The van der Waals surface area contributed by atoms with Crippen LogP contribution >= 0.6 is 0 Å². The van der Waals surface area contributed by atoms with E-state index in [1.54, 1.807) is 19.2 Å². The number of methoxy groups -OCH3 is 1. The van der Waals surface area contributed by atoms with Gasteiger partial charge >= 0.3 is 0 Å². The Hall–Kier alpha value is -1.86. The molecule has 3 heterocycles. The van der Waals surface area contributed by atoms with Crippen molar-refractivity contribution in [3.05, 3.63) is 23.7 Å². The summed E-state index contributed by atoms with van der Waals surface area (Å²) in [6, 6.07) is 3.48. The van der Waals surface area contributed by atoms with Gasteiger partial charge in [-0.25, -0.2) is 0 Å². The number of amides is 2. The van der Waals surface area contributed by atoms with E-state index >= 15 is 0 Å². The monoisotopic (exact) mass is 349 g/mol. The summed E-state index contributed by atoms with van der Waals surface area (Å²) in [5.41, 5.74) is 0. The van der Waals surface area contributed by atoms with Gasteiger partial charge < -0.3 is 19.0 Å². The zero-order chi connectivity index (χ0) is 17.6. The highest BCUT2D eigenvalue weighted by molar-refractivity contribution is 5.91. The highest BCUT2D eigenvalue weighted by Gasteiger charge is 2.25. The minimum absolute atomic E-state index is 0.0879. The molecule has 1 aromatic heterocycles. The lowest BCUT2D eigenvalue weighted by atomic mass is 10.3. The first kappa shape index (κ1) is 17.9. The summed E-state index contributed by atoms with van der Waals surface area (Å²) in [6.45, 7) is 5.47. The zero-order valence-electron chi connectivity index (χ0n) is 14.9. The van der Waals surface area contributed by atoms with Crippen molar-refractivity contribution in [3.63, 3.8) is 0 Å². The third-order valence-corrected chi connectivity index (χ3v) is 4.85. The van der Waals surface area contributed by atoms with Crippen LogP contribution in [-0.4, -0.2) is 79.4 Å². The summed E-state index contributed by atoms with van der Waals surface area (Å²) in [6.07, 6.45) is 3.09. The van der Waals surface area contributed by atoms with Crippen LogP contribution in [0.15, 0.2) is 16.5 Å². The molecule has 0 unspecified atom stereocenters. The Morgan fingerprint density at radius 3 is 2.52 bits per heavy atom. The number of nitrogens with zero attached hydrogens (tertiary/aromatic N) is 3. The Morgan fingerprint density at radius 2 is 1.76 bits per heavy atom. The van der Waals surface area contributed by atoms with Crippen LogP contribution in [0.4, 0.5) is 0 Å². The van der Waals surface area contributed by atoms with Gasteiger partial charge in [0.05, 0.1) is 6.54 Å². The van der Waals surface area contributed by atoms with Crippen LogP contribution in [0.25, 0.3) is 0 Å². The highest BCUT2D eigenvalue weighted by Crippen LogP contribution is 2.14. The molecule has 7 nitrogen and oxygen atoms in total. The number of carbonyl (C=O) groups excluding carboxylic acids is 2. The first-order valence-corrected chi connectivity index (χ1v) is 9.04. The van der Waals surface area contributed by atoms with Crippen LogP contribution in [0.1, 0.15) is 35.6 Å². The van der Waals surface area contributed by atoms with Gasteiger partial charge in [-0.1, -0.05) is 0 Å². The van der Waals surface area contributed by atoms with Crippen molar-refractivity contribution < 1.29 is 18.7 Å². The lowest BCUT2D eigenvalue weighted by Crippen LogP contribution is -2.41. The molecule has 2 aliphatic heterocycles. The van der Waals surface area contributed by atoms with Crippen LogP contribution < -0.4 is 0 Å². The Labute approximate surface area is 148 Å². The van der Waals surface area contributed by atoms with Crippen LogP contribution in [0.5, 0.6) is 0 Å².